The second kappa shape index (κ2) is 8.89. The topological polar surface area (TPSA) is 52.6 Å². The summed E-state index contributed by atoms with van der Waals surface area (Å²) in [6.07, 6.45) is 4.17. The third kappa shape index (κ3) is 6.32. The highest BCUT2D eigenvalue weighted by atomic mass is 32.2. The molecule has 0 spiro atoms. The molecule has 0 atom stereocenters. The normalized spacial score (nSPS) is 11.4. The summed E-state index contributed by atoms with van der Waals surface area (Å²) in [6.45, 7) is 6.89. The van der Waals surface area contributed by atoms with E-state index >= 15 is 0 Å². The summed E-state index contributed by atoms with van der Waals surface area (Å²) in [5, 5.41) is 0. The molecule has 0 bridgehead atoms. The third-order valence-electron chi connectivity index (χ3n) is 2.72. The molecule has 1 aromatic carbocycles. The lowest BCUT2D eigenvalue weighted by Gasteiger charge is -2.06. The lowest BCUT2D eigenvalue weighted by molar-refractivity contribution is 0.156. The number of hydrogen-bond acceptors (Lipinski definition) is 4. The fourth-order valence-corrected chi connectivity index (χ4v) is 2.53. The van der Waals surface area contributed by atoms with Gasteiger partial charge in [-0.1, -0.05) is 23.8 Å². The summed E-state index contributed by atoms with van der Waals surface area (Å²) in [5.74, 6) is 0. The number of unbranched alkanes of at least 4 members (excludes halogenated alkanes) is 2. The van der Waals surface area contributed by atoms with Crippen LogP contribution >= 0.6 is 0 Å². The van der Waals surface area contributed by atoms with E-state index < -0.39 is 10.1 Å². The van der Waals surface area contributed by atoms with Gasteiger partial charge in [0, 0.05) is 6.61 Å². The molecular formula is C15H22O4S. The van der Waals surface area contributed by atoms with E-state index in [0.29, 0.717) is 19.6 Å². The molecule has 0 heterocycles. The molecule has 20 heavy (non-hydrogen) atoms. The number of benzene rings is 1. The molecule has 0 unspecified atom stereocenters. The van der Waals surface area contributed by atoms with E-state index in [1.807, 2.05) is 6.92 Å². The fraction of sp³-hybridized carbons (Fsp3) is 0.467. The van der Waals surface area contributed by atoms with Gasteiger partial charge in [-0.25, -0.2) is 0 Å². The summed E-state index contributed by atoms with van der Waals surface area (Å²) in [4.78, 5) is 0.206. The molecule has 4 nitrogen and oxygen atoms in total. The van der Waals surface area contributed by atoms with Crippen LogP contribution in [0.4, 0.5) is 0 Å². The van der Waals surface area contributed by atoms with Crippen molar-refractivity contribution in [3.63, 3.8) is 0 Å². The van der Waals surface area contributed by atoms with Crippen LogP contribution in [-0.4, -0.2) is 28.2 Å². The zero-order valence-corrected chi connectivity index (χ0v) is 12.7. The Morgan fingerprint density at radius 2 is 1.75 bits per heavy atom. The van der Waals surface area contributed by atoms with Crippen LogP contribution in [0, 0.1) is 6.92 Å². The maximum Gasteiger partial charge on any atom is 0.296 e. The maximum absolute atomic E-state index is 11.9. The van der Waals surface area contributed by atoms with Gasteiger partial charge in [-0.05, 0) is 38.3 Å². The summed E-state index contributed by atoms with van der Waals surface area (Å²) in [5.41, 5.74) is 1.02. The van der Waals surface area contributed by atoms with Gasteiger partial charge in [-0.15, -0.1) is 6.58 Å². The molecule has 0 saturated carbocycles. The van der Waals surface area contributed by atoms with Crippen molar-refractivity contribution >= 4 is 10.1 Å². The Kier molecular flexibility index (Phi) is 7.51. The highest BCUT2D eigenvalue weighted by Crippen LogP contribution is 2.13. The van der Waals surface area contributed by atoms with Crippen LogP contribution in [0.3, 0.4) is 0 Å². The molecular weight excluding hydrogens is 276 g/mol. The van der Waals surface area contributed by atoms with Gasteiger partial charge >= 0.3 is 0 Å². The van der Waals surface area contributed by atoms with Gasteiger partial charge in [0.1, 0.15) is 0 Å². The largest absolute Gasteiger partial charge is 0.377 e. The molecule has 0 aliphatic carbocycles. The van der Waals surface area contributed by atoms with E-state index in [-0.39, 0.29) is 11.5 Å². The Morgan fingerprint density at radius 3 is 2.40 bits per heavy atom. The molecule has 0 N–H and O–H groups in total. The van der Waals surface area contributed by atoms with Gasteiger partial charge in [-0.2, -0.15) is 8.42 Å². The molecule has 112 valence electrons. The zero-order chi connectivity index (χ0) is 14.8. The van der Waals surface area contributed by atoms with E-state index in [9.17, 15) is 8.42 Å². The molecule has 0 aliphatic rings. The number of ether oxygens (including phenoxy) is 1. The van der Waals surface area contributed by atoms with Gasteiger partial charge in [0.05, 0.1) is 18.1 Å². The minimum Gasteiger partial charge on any atom is -0.377 e. The van der Waals surface area contributed by atoms with Crippen LogP contribution in [0.5, 0.6) is 0 Å². The number of rotatable bonds is 10. The van der Waals surface area contributed by atoms with Crippen LogP contribution in [0.25, 0.3) is 0 Å². The van der Waals surface area contributed by atoms with Crippen molar-refractivity contribution in [2.24, 2.45) is 0 Å². The highest BCUT2D eigenvalue weighted by Gasteiger charge is 2.14. The zero-order valence-electron chi connectivity index (χ0n) is 11.9. The van der Waals surface area contributed by atoms with Crippen LogP contribution in [0.2, 0.25) is 0 Å². The average molecular weight is 298 g/mol. The molecule has 0 radical (unpaired) electrons. The minimum atomic E-state index is -3.62. The first-order valence-corrected chi connectivity index (χ1v) is 8.12. The first kappa shape index (κ1) is 16.9. The van der Waals surface area contributed by atoms with E-state index in [1.54, 1.807) is 30.3 Å². The average Bonchev–Trinajstić information content (AvgIpc) is 2.42. The van der Waals surface area contributed by atoms with Crippen molar-refractivity contribution in [1.82, 2.24) is 0 Å². The second-order valence-electron chi connectivity index (χ2n) is 4.51. The van der Waals surface area contributed by atoms with Crippen LogP contribution in [0.15, 0.2) is 41.8 Å². The van der Waals surface area contributed by atoms with E-state index in [2.05, 4.69) is 6.58 Å². The van der Waals surface area contributed by atoms with Crippen molar-refractivity contribution in [2.75, 3.05) is 19.8 Å². The predicted molar refractivity (Wildman–Crippen MR) is 79.2 cm³/mol. The lowest BCUT2D eigenvalue weighted by Crippen LogP contribution is -2.08. The van der Waals surface area contributed by atoms with Gasteiger partial charge < -0.3 is 4.74 Å². The van der Waals surface area contributed by atoms with Crippen LogP contribution < -0.4 is 0 Å². The van der Waals surface area contributed by atoms with E-state index in [1.165, 1.54) is 0 Å². The van der Waals surface area contributed by atoms with Crippen molar-refractivity contribution in [2.45, 2.75) is 31.1 Å². The van der Waals surface area contributed by atoms with Crippen molar-refractivity contribution < 1.29 is 17.3 Å². The van der Waals surface area contributed by atoms with Gasteiger partial charge in [0.25, 0.3) is 10.1 Å². The van der Waals surface area contributed by atoms with Crippen molar-refractivity contribution in [3.05, 3.63) is 42.5 Å². The van der Waals surface area contributed by atoms with Crippen LogP contribution in [-0.2, 0) is 19.0 Å². The lowest BCUT2D eigenvalue weighted by atomic mass is 10.2. The molecule has 1 rings (SSSR count). The highest BCUT2D eigenvalue weighted by molar-refractivity contribution is 7.86. The van der Waals surface area contributed by atoms with E-state index in [0.717, 1.165) is 18.4 Å². The summed E-state index contributed by atoms with van der Waals surface area (Å²) >= 11 is 0. The third-order valence-corrected chi connectivity index (χ3v) is 4.04. The Balaban J connectivity index is 2.23. The summed E-state index contributed by atoms with van der Waals surface area (Å²) in [7, 11) is -3.62. The fourth-order valence-electron chi connectivity index (χ4n) is 1.59. The number of aryl methyl sites for hydroxylation is 1. The molecule has 0 saturated heterocycles. The summed E-state index contributed by atoms with van der Waals surface area (Å²) in [6, 6.07) is 6.64. The minimum absolute atomic E-state index is 0.206. The smallest absolute Gasteiger partial charge is 0.296 e. The van der Waals surface area contributed by atoms with Gasteiger partial charge in [0.2, 0.25) is 0 Å². The SMILES string of the molecule is C=CCOCCCCCOS(=O)(=O)c1ccc(C)cc1. The molecule has 5 heteroatoms. The predicted octanol–water partition coefficient (Wildman–Crippen LogP) is 3.07. The van der Waals surface area contributed by atoms with Crippen LogP contribution in [0.1, 0.15) is 24.8 Å². The standard InChI is InChI=1S/C15H22O4S/c1-3-11-18-12-5-4-6-13-19-20(16,17)15-9-7-14(2)8-10-15/h3,7-10H,1,4-6,11-13H2,2H3. The van der Waals surface area contributed by atoms with Crippen molar-refractivity contribution in [1.29, 1.82) is 0 Å². The van der Waals surface area contributed by atoms with Gasteiger partial charge in [0.15, 0.2) is 0 Å². The van der Waals surface area contributed by atoms with E-state index in [4.69, 9.17) is 8.92 Å². The first-order chi connectivity index (χ1) is 9.56. The first-order valence-electron chi connectivity index (χ1n) is 6.71. The second-order valence-corrected chi connectivity index (χ2v) is 6.13. The van der Waals surface area contributed by atoms with Crippen molar-refractivity contribution in [3.8, 4) is 0 Å². The summed E-state index contributed by atoms with van der Waals surface area (Å²) < 4.78 is 34.0. The molecule has 1 aromatic rings. The number of hydrogen-bond donors (Lipinski definition) is 0. The Labute approximate surface area is 121 Å². The molecule has 0 aliphatic heterocycles. The van der Waals surface area contributed by atoms with Gasteiger partial charge in [-0.3, -0.25) is 4.18 Å². The molecule has 0 amide bonds. The Morgan fingerprint density at radius 1 is 1.10 bits per heavy atom. The Bertz CT molecular complexity index is 491. The monoisotopic (exact) mass is 298 g/mol. The quantitative estimate of drug-likeness (QED) is 0.378. The Hall–Kier alpha value is -1.17. The maximum atomic E-state index is 11.9. The molecule has 0 aromatic heterocycles. The molecule has 0 fully saturated rings.